The van der Waals surface area contributed by atoms with Crippen LogP contribution in [0.4, 0.5) is 0 Å². The maximum absolute atomic E-state index is 11.0. The summed E-state index contributed by atoms with van der Waals surface area (Å²) in [6.45, 7) is 8.43. The molecule has 114 valence electrons. The fourth-order valence-electron chi connectivity index (χ4n) is 1.83. The first-order valence-corrected chi connectivity index (χ1v) is 6.86. The fraction of sp³-hybridized carbons (Fsp3) is 0.643. The summed E-state index contributed by atoms with van der Waals surface area (Å²) in [4.78, 5) is 13.1. The van der Waals surface area contributed by atoms with E-state index in [2.05, 4.69) is 4.90 Å². The molecule has 20 heavy (non-hydrogen) atoms. The number of aromatic carboxylic acids is 1. The van der Waals surface area contributed by atoms with Crippen LogP contribution in [0.3, 0.4) is 0 Å². The third-order valence-electron chi connectivity index (χ3n) is 2.85. The molecule has 0 atom stereocenters. The molecule has 0 spiro atoms. The van der Waals surface area contributed by atoms with Gasteiger partial charge in [-0.1, -0.05) is 0 Å². The van der Waals surface area contributed by atoms with Crippen molar-refractivity contribution >= 4 is 5.97 Å². The summed E-state index contributed by atoms with van der Waals surface area (Å²) in [7, 11) is 0. The number of rotatable bonds is 11. The second-order valence-electron chi connectivity index (χ2n) is 4.25. The Kier molecular flexibility index (Phi) is 7.94. The molecule has 1 aromatic heterocycles. The van der Waals surface area contributed by atoms with Gasteiger partial charge < -0.3 is 19.0 Å². The number of nitrogens with zero attached hydrogens (tertiary/aromatic N) is 1. The average Bonchev–Trinajstić information content (AvgIpc) is 2.87. The molecule has 0 aliphatic carbocycles. The Morgan fingerprint density at radius 3 is 2.35 bits per heavy atom. The van der Waals surface area contributed by atoms with E-state index in [1.54, 1.807) is 6.07 Å². The van der Waals surface area contributed by atoms with Crippen LogP contribution in [0.1, 0.15) is 30.0 Å². The first-order chi connectivity index (χ1) is 9.69. The van der Waals surface area contributed by atoms with Crippen molar-refractivity contribution in [1.82, 2.24) is 4.90 Å². The lowest BCUT2D eigenvalue weighted by atomic mass is 10.2. The number of furan rings is 1. The molecule has 1 heterocycles. The first kappa shape index (κ1) is 16.7. The van der Waals surface area contributed by atoms with Gasteiger partial charge in [0.05, 0.1) is 19.5 Å². The van der Waals surface area contributed by atoms with Gasteiger partial charge in [0.2, 0.25) is 5.76 Å². The highest BCUT2D eigenvalue weighted by Crippen LogP contribution is 2.13. The van der Waals surface area contributed by atoms with Crippen molar-refractivity contribution in [2.45, 2.75) is 20.4 Å². The van der Waals surface area contributed by atoms with Gasteiger partial charge in [-0.05, 0) is 19.9 Å². The molecule has 0 amide bonds. The molecule has 6 heteroatoms. The zero-order valence-corrected chi connectivity index (χ0v) is 12.1. The lowest BCUT2D eigenvalue weighted by molar-refractivity contribution is 0.0653. The third kappa shape index (κ3) is 5.73. The van der Waals surface area contributed by atoms with Crippen LogP contribution < -0.4 is 0 Å². The smallest absolute Gasteiger partial charge is 0.372 e. The molecule has 0 unspecified atom stereocenters. The topological polar surface area (TPSA) is 72.1 Å². The highest BCUT2D eigenvalue weighted by molar-refractivity contribution is 5.86. The van der Waals surface area contributed by atoms with Crippen molar-refractivity contribution in [1.29, 1.82) is 0 Å². The maximum atomic E-state index is 11.0. The molecule has 1 N–H and O–H groups in total. The molecule has 1 rings (SSSR count). The quantitative estimate of drug-likeness (QED) is 0.626. The standard InChI is InChI=1S/C14H23NO5/c1-3-18-9-6-15(7-10-19-4-2)11-12-5-8-20-13(12)14(16)17/h5,8H,3-4,6-7,9-11H2,1-2H3,(H,16,17). The fourth-order valence-corrected chi connectivity index (χ4v) is 1.83. The van der Waals surface area contributed by atoms with Gasteiger partial charge in [-0.15, -0.1) is 0 Å². The van der Waals surface area contributed by atoms with Crippen LogP contribution >= 0.6 is 0 Å². The van der Waals surface area contributed by atoms with Crippen LogP contribution in [0.2, 0.25) is 0 Å². The van der Waals surface area contributed by atoms with Crippen LogP contribution in [-0.4, -0.2) is 55.5 Å². The predicted molar refractivity (Wildman–Crippen MR) is 73.9 cm³/mol. The lowest BCUT2D eigenvalue weighted by Crippen LogP contribution is -2.31. The minimum absolute atomic E-state index is 0.00261. The number of hydrogen-bond acceptors (Lipinski definition) is 5. The average molecular weight is 285 g/mol. The Morgan fingerprint density at radius 1 is 1.25 bits per heavy atom. The molecule has 0 aliphatic heterocycles. The van der Waals surface area contributed by atoms with E-state index >= 15 is 0 Å². The van der Waals surface area contributed by atoms with E-state index in [1.165, 1.54) is 6.26 Å². The summed E-state index contributed by atoms with van der Waals surface area (Å²) in [6, 6.07) is 1.69. The highest BCUT2D eigenvalue weighted by atomic mass is 16.5. The predicted octanol–water partition coefficient (Wildman–Crippen LogP) is 1.85. The largest absolute Gasteiger partial charge is 0.475 e. The number of carbonyl (C=O) groups is 1. The van der Waals surface area contributed by atoms with Crippen LogP contribution in [-0.2, 0) is 16.0 Å². The van der Waals surface area contributed by atoms with Crippen LogP contribution in [0.15, 0.2) is 16.7 Å². The normalized spacial score (nSPS) is 11.2. The van der Waals surface area contributed by atoms with E-state index in [0.29, 0.717) is 38.5 Å². The summed E-state index contributed by atoms with van der Waals surface area (Å²) in [5.74, 6) is -1.04. The van der Waals surface area contributed by atoms with Crippen LogP contribution in [0, 0.1) is 0 Å². The molecule has 0 saturated carbocycles. The molecule has 0 aliphatic rings. The SMILES string of the molecule is CCOCCN(CCOCC)Cc1ccoc1C(=O)O. The van der Waals surface area contributed by atoms with Gasteiger partial charge in [0, 0.05) is 38.4 Å². The van der Waals surface area contributed by atoms with Gasteiger partial charge in [-0.2, -0.15) is 0 Å². The van der Waals surface area contributed by atoms with Gasteiger partial charge in [0.15, 0.2) is 0 Å². The Morgan fingerprint density at radius 2 is 1.85 bits per heavy atom. The van der Waals surface area contributed by atoms with Gasteiger partial charge in [-0.3, -0.25) is 4.90 Å². The summed E-state index contributed by atoms with van der Waals surface area (Å²) in [6.07, 6.45) is 1.40. The van der Waals surface area contributed by atoms with E-state index in [-0.39, 0.29) is 5.76 Å². The van der Waals surface area contributed by atoms with Crippen molar-refractivity contribution in [3.05, 3.63) is 23.7 Å². The summed E-state index contributed by atoms with van der Waals surface area (Å²) < 4.78 is 15.7. The molecule has 0 fully saturated rings. The summed E-state index contributed by atoms with van der Waals surface area (Å²) >= 11 is 0. The second kappa shape index (κ2) is 9.52. The number of hydrogen-bond donors (Lipinski definition) is 1. The molecule has 6 nitrogen and oxygen atoms in total. The van der Waals surface area contributed by atoms with Crippen molar-refractivity contribution < 1.29 is 23.8 Å². The minimum Gasteiger partial charge on any atom is -0.475 e. The Balaban J connectivity index is 2.57. The van der Waals surface area contributed by atoms with Gasteiger partial charge in [0.25, 0.3) is 0 Å². The Hall–Kier alpha value is -1.37. The zero-order valence-electron chi connectivity index (χ0n) is 12.1. The van der Waals surface area contributed by atoms with Crippen molar-refractivity contribution in [2.24, 2.45) is 0 Å². The molecule has 0 saturated heterocycles. The molecule has 0 bridgehead atoms. The lowest BCUT2D eigenvalue weighted by Gasteiger charge is -2.21. The summed E-state index contributed by atoms with van der Waals surface area (Å²) in [5, 5.41) is 9.03. The van der Waals surface area contributed by atoms with E-state index in [9.17, 15) is 4.79 Å². The third-order valence-corrected chi connectivity index (χ3v) is 2.85. The van der Waals surface area contributed by atoms with Crippen LogP contribution in [0.5, 0.6) is 0 Å². The molecule has 0 aromatic carbocycles. The zero-order chi connectivity index (χ0) is 14.8. The van der Waals surface area contributed by atoms with E-state index in [1.807, 2.05) is 13.8 Å². The number of carboxylic acids is 1. The van der Waals surface area contributed by atoms with E-state index < -0.39 is 5.97 Å². The minimum atomic E-state index is -1.04. The molecular formula is C14H23NO5. The van der Waals surface area contributed by atoms with Crippen molar-refractivity contribution in [3.63, 3.8) is 0 Å². The number of carboxylic acid groups (broad SMARTS) is 1. The van der Waals surface area contributed by atoms with Crippen LogP contribution in [0.25, 0.3) is 0 Å². The van der Waals surface area contributed by atoms with E-state index in [0.717, 1.165) is 13.1 Å². The monoisotopic (exact) mass is 285 g/mol. The van der Waals surface area contributed by atoms with E-state index in [4.69, 9.17) is 19.0 Å². The van der Waals surface area contributed by atoms with Gasteiger partial charge >= 0.3 is 5.97 Å². The Bertz CT molecular complexity index is 381. The first-order valence-electron chi connectivity index (χ1n) is 6.86. The highest BCUT2D eigenvalue weighted by Gasteiger charge is 2.16. The van der Waals surface area contributed by atoms with Crippen molar-refractivity contribution in [3.8, 4) is 0 Å². The number of ether oxygens (including phenoxy) is 2. The second-order valence-corrected chi connectivity index (χ2v) is 4.25. The molecular weight excluding hydrogens is 262 g/mol. The Labute approximate surface area is 119 Å². The van der Waals surface area contributed by atoms with Crippen molar-refractivity contribution in [2.75, 3.05) is 39.5 Å². The maximum Gasteiger partial charge on any atom is 0.372 e. The summed E-state index contributed by atoms with van der Waals surface area (Å²) in [5.41, 5.74) is 0.672. The van der Waals surface area contributed by atoms with Gasteiger partial charge in [-0.25, -0.2) is 4.79 Å². The molecule has 1 aromatic rings. The molecule has 0 radical (unpaired) electrons. The van der Waals surface area contributed by atoms with Gasteiger partial charge in [0.1, 0.15) is 0 Å².